The van der Waals surface area contributed by atoms with Crippen LogP contribution < -0.4 is 0 Å². The Labute approximate surface area is 365 Å². The zero-order chi connectivity index (χ0) is 41.7. The molecule has 1 aromatic heterocycles. The van der Waals surface area contributed by atoms with E-state index in [0.29, 0.717) is 23.4 Å². The van der Waals surface area contributed by atoms with E-state index < -0.39 is 0 Å². The molecule has 1 fully saturated rings. The molecule has 4 aliphatic rings. The quantitative estimate of drug-likeness (QED) is 0.163. The molecular formula is C59H49N3. The Morgan fingerprint density at radius 2 is 1.03 bits per heavy atom. The summed E-state index contributed by atoms with van der Waals surface area (Å²) in [6.45, 7) is 9.26. The zero-order valence-electron chi connectivity index (χ0n) is 35.9. The first-order valence-corrected chi connectivity index (χ1v) is 22.5. The second-order valence-corrected chi connectivity index (χ2v) is 19.0. The van der Waals surface area contributed by atoms with Crippen LogP contribution in [0.25, 0.3) is 78.7 Å². The molecule has 1 saturated carbocycles. The van der Waals surface area contributed by atoms with Crippen LogP contribution >= 0.6 is 0 Å². The first-order valence-electron chi connectivity index (χ1n) is 22.5. The number of fused-ring (bicyclic) bond motifs is 11. The van der Waals surface area contributed by atoms with E-state index in [4.69, 9.17) is 15.0 Å². The third-order valence-corrected chi connectivity index (χ3v) is 14.8. The molecule has 3 heteroatoms. The highest BCUT2D eigenvalue weighted by Gasteiger charge is 2.50. The lowest BCUT2D eigenvalue weighted by Gasteiger charge is -2.45. The van der Waals surface area contributed by atoms with Gasteiger partial charge in [-0.25, -0.2) is 15.0 Å². The number of nitrogens with zero attached hydrogens (tertiary/aromatic N) is 3. The van der Waals surface area contributed by atoms with E-state index in [9.17, 15) is 0 Å². The van der Waals surface area contributed by atoms with Gasteiger partial charge in [-0.05, 0) is 123 Å². The Morgan fingerprint density at radius 3 is 1.76 bits per heavy atom. The van der Waals surface area contributed by atoms with Gasteiger partial charge in [0.1, 0.15) is 0 Å². The maximum Gasteiger partial charge on any atom is 0.164 e. The van der Waals surface area contributed by atoms with Crippen molar-refractivity contribution < 1.29 is 0 Å². The minimum Gasteiger partial charge on any atom is -0.208 e. The van der Waals surface area contributed by atoms with Crippen molar-refractivity contribution in [2.75, 3.05) is 0 Å². The molecule has 1 spiro atoms. The van der Waals surface area contributed by atoms with Crippen molar-refractivity contribution in [1.82, 2.24) is 15.0 Å². The van der Waals surface area contributed by atoms with Crippen molar-refractivity contribution in [2.45, 2.75) is 64.2 Å². The summed E-state index contributed by atoms with van der Waals surface area (Å²) in [4.78, 5) is 15.5. The first-order chi connectivity index (χ1) is 30.2. The number of hydrogen-bond donors (Lipinski definition) is 0. The largest absolute Gasteiger partial charge is 0.208 e. The molecule has 0 amide bonds. The van der Waals surface area contributed by atoms with Crippen LogP contribution in [0.4, 0.5) is 0 Å². The topological polar surface area (TPSA) is 38.7 Å². The normalized spacial score (nSPS) is 20.0. The number of hydrogen-bond acceptors (Lipinski definition) is 3. The van der Waals surface area contributed by atoms with Crippen LogP contribution in [0.5, 0.6) is 0 Å². The molecule has 8 aromatic rings. The van der Waals surface area contributed by atoms with Gasteiger partial charge in [0.2, 0.25) is 0 Å². The maximum atomic E-state index is 5.20. The molecule has 3 nitrogen and oxygen atoms in total. The Balaban J connectivity index is 0.984. The molecule has 62 heavy (non-hydrogen) atoms. The van der Waals surface area contributed by atoms with Crippen LogP contribution in [-0.2, 0) is 10.8 Å². The van der Waals surface area contributed by atoms with Gasteiger partial charge in [-0.2, -0.15) is 0 Å². The van der Waals surface area contributed by atoms with E-state index in [1.54, 1.807) is 5.57 Å². The molecule has 300 valence electrons. The van der Waals surface area contributed by atoms with Crippen molar-refractivity contribution >= 4 is 0 Å². The lowest BCUT2D eigenvalue weighted by molar-refractivity contribution is 0.284. The van der Waals surface area contributed by atoms with Gasteiger partial charge in [-0.1, -0.05) is 184 Å². The average Bonchev–Trinajstić information content (AvgIpc) is 3.72. The minimum absolute atomic E-state index is 0.0297. The maximum absolute atomic E-state index is 5.20. The minimum atomic E-state index is -0.155. The highest BCUT2D eigenvalue weighted by molar-refractivity contribution is 5.96. The molecule has 12 rings (SSSR count). The fraction of sp³-hybridized carbons (Fsp3) is 0.203. The van der Waals surface area contributed by atoms with Gasteiger partial charge in [-0.3, -0.25) is 0 Å². The lowest BCUT2D eigenvalue weighted by Crippen LogP contribution is -2.36. The first kappa shape index (κ1) is 37.1. The molecule has 3 atom stereocenters. The highest BCUT2D eigenvalue weighted by atomic mass is 15.0. The predicted octanol–water partition coefficient (Wildman–Crippen LogP) is 14.9. The Morgan fingerprint density at radius 1 is 0.484 bits per heavy atom. The highest BCUT2D eigenvalue weighted by Crippen LogP contribution is 2.62. The summed E-state index contributed by atoms with van der Waals surface area (Å²) < 4.78 is 0. The Kier molecular flexibility index (Phi) is 8.32. The molecule has 0 N–H and O–H groups in total. The summed E-state index contributed by atoms with van der Waals surface area (Å²) in [6, 6.07) is 58.1. The number of allylic oxidation sites excluding steroid dienone is 2. The summed E-state index contributed by atoms with van der Waals surface area (Å²) >= 11 is 0. The molecule has 0 radical (unpaired) electrons. The van der Waals surface area contributed by atoms with E-state index in [1.165, 1.54) is 92.4 Å². The number of benzene rings is 7. The SMILES string of the molecule is Cc1ccc(-c2nc(-c3ccc(-c4ccccc4)cc3)nc(-c3ccc4c(c3)-c3cc(-c5cccc6c5-c5ccccc5C65CCC6CC5=CC(C)C6)ccc3C4(C)C)n2)cc1. The zero-order valence-corrected chi connectivity index (χ0v) is 35.9. The fourth-order valence-electron chi connectivity index (χ4n) is 11.8. The van der Waals surface area contributed by atoms with Gasteiger partial charge in [0.25, 0.3) is 0 Å². The number of aromatic nitrogens is 3. The summed E-state index contributed by atoms with van der Waals surface area (Å²) in [7, 11) is 0. The van der Waals surface area contributed by atoms with Crippen LogP contribution in [0.1, 0.15) is 74.3 Å². The van der Waals surface area contributed by atoms with Gasteiger partial charge in [0.15, 0.2) is 17.5 Å². The molecule has 0 saturated heterocycles. The third-order valence-electron chi connectivity index (χ3n) is 14.8. The van der Waals surface area contributed by atoms with Crippen LogP contribution in [0.15, 0.2) is 169 Å². The van der Waals surface area contributed by atoms with Crippen molar-refractivity contribution in [3.8, 4) is 78.7 Å². The van der Waals surface area contributed by atoms with Crippen molar-refractivity contribution in [3.63, 3.8) is 0 Å². The second kappa shape index (κ2) is 13.9. The molecule has 1 heterocycles. The van der Waals surface area contributed by atoms with Crippen LogP contribution in [0.3, 0.4) is 0 Å². The van der Waals surface area contributed by atoms with Crippen molar-refractivity contribution in [1.29, 1.82) is 0 Å². The summed E-state index contributed by atoms with van der Waals surface area (Å²) in [6.07, 6.45) is 7.68. The Bertz CT molecular complexity index is 3120. The van der Waals surface area contributed by atoms with E-state index in [1.807, 2.05) is 0 Å². The number of rotatable bonds is 5. The molecular weight excluding hydrogens is 751 g/mol. The monoisotopic (exact) mass is 799 g/mol. The molecule has 3 unspecified atom stereocenters. The molecule has 0 aliphatic heterocycles. The fourth-order valence-corrected chi connectivity index (χ4v) is 11.8. The van der Waals surface area contributed by atoms with E-state index in [-0.39, 0.29) is 10.8 Å². The second-order valence-electron chi connectivity index (χ2n) is 19.0. The smallest absolute Gasteiger partial charge is 0.164 e. The summed E-state index contributed by atoms with van der Waals surface area (Å²) in [5, 5.41) is 0. The van der Waals surface area contributed by atoms with E-state index in [0.717, 1.165) is 28.2 Å². The van der Waals surface area contributed by atoms with Gasteiger partial charge in [-0.15, -0.1) is 0 Å². The van der Waals surface area contributed by atoms with Gasteiger partial charge >= 0.3 is 0 Å². The van der Waals surface area contributed by atoms with Crippen LogP contribution in [0.2, 0.25) is 0 Å². The average molecular weight is 800 g/mol. The van der Waals surface area contributed by atoms with Gasteiger partial charge in [0, 0.05) is 27.5 Å². The van der Waals surface area contributed by atoms with Crippen LogP contribution in [-0.4, -0.2) is 15.0 Å². The van der Waals surface area contributed by atoms with E-state index >= 15 is 0 Å². The standard InChI is InChI=1S/C59H49N3/c1-36-17-19-41(20-18-36)55-60-56(42-23-21-40(22-24-42)39-11-6-5-7-12-39)62-57(61-55)44-26-28-51-49(35-44)48-34-43(25-27-50(48)58(51,3)4)46-14-10-16-53-54(46)47-13-8-9-15-52(47)59(53)30-29-38-31-37(2)32-45(59)33-38/h5-28,32,34-35,37-38H,29-31,33H2,1-4H3. The molecule has 7 aromatic carbocycles. The molecule has 4 aliphatic carbocycles. The number of aryl methyl sites for hydroxylation is 1. The van der Waals surface area contributed by atoms with Gasteiger partial charge in [0.05, 0.1) is 0 Å². The third kappa shape index (κ3) is 5.67. The lowest BCUT2D eigenvalue weighted by atomic mass is 9.58. The summed E-state index contributed by atoms with van der Waals surface area (Å²) in [5.41, 5.74) is 21.6. The van der Waals surface area contributed by atoms with Crippen molar-refractivity contribution in [3.05, 3.63) is 197 Å². The van der Waals surface area contributed by atoms with Gasteiger partial charge < -0.3 is 0 Å². The Hall–Kier alpha value is -6.71. The van der Waals surface area contributed by atoms with Crippen LogP contribution in [0, 0.1) is 18.8 Å². The van der Waals surface area contributed by atoms with Crippen molar-refractivity contribution in [2.24, 2.45) is 11.8 Å². The predicted molar refractivity (Wildman–Crippen MR) is 255 cm³/mol. The summed E-state index contributed by atoms with van der Waals surface area (Å²) in [5.74, 6) is 3.45. The van der Waals surface area contributed by atoms with E-state index in [2.05, 4.69) is 191 Å². The molecule has 2 bridgehead atoms.